The summed E-state index contributed by atoms with van der Waals surface area (Å²) in [5.41, 5.74) is 1.27. The molecule has 7 heteroatoms. The van der Waals surface area contributed by atoms with Gasteiger partial charge in [-0.1, -0.05) is 40.0 Å². The van der Waals surface area contributed by atoms with Crippen molar-refractivity contribution in [3.05, 3.63) is 52.5 Å². The van der Waals surface area contributed by atoms with Crippen LogP contribution < -0.4 is 20.1 Å². The first kappa shape index (κ1) is 25.1. The van der Waals surface area contributed by atoms with Crippen molar-refractivity contribution in [2.75, 3.05) is 18.5 Å². The molecule has 0 fully saturated rings. The topological polar surface area (TPSA) is 59.6 Å². The number of carbonyl (C=O) groups is 1. The van der Waals surface area contributed by atoms with Crippen LogP contribution in [0.3, 0.4) is 0 Å². The van der Waals surface area contributed by atoms with Gasteiger partial charge in [-0.05, 0) is 83.0 Å². The van der Waals surface area contributed by atoms with Gasteiger partial charge < -0.3 is 14.8 Å². The summed E-state index contributed by atoms with van der Waals surface area (Å²) in [6.07, 6.45) is 4.70. The van der Waals surface area contributed by atoms with E-state index in [0.717, 1.165) is 28.9 Å². The summed E-state index contributed by atoms with van der Waals surface area (Å²) in [6, 6.07) is 12.7. The van der Waals surface area contributed by atoms with Gasteiger partial charge in [-0.3, -0.25) is 10.1 Å². The molecule has 0 aliphatic carbocycles. The summed E-state index contributed by atoms with van der Waals surface area (Å²) in [7, 11) is 0. The van der Waals surface area contributed by atoms with E-state index in [1.807, 2.05) is 24.3 Å². The minimum Gasteiger partial charge on any atom is -0.494 e. The number of unbranched alkanes of at least 4 members (excludes halogenated alkanes) is 3. The molecule has 0 aliphatic heterocycles. The number of benzene rings is 2. The lowest BCUT2D eigenvalue weighted by atomic mass is 10.2. The fourth-order valence-corrected chi connectivity index (χ4v) is 3.41. The molecule has 31 heavy (non-hydrogen) atoms. The lowest BCUT2D eigenvalue weighted by Gasteiger charge is -2.13. The van der Waals surface area contributed by atoms with E-state index in [1.165, 1.54) is 19.3 Å². The van der Waals surface area contributed by atoms with Crippen LogP contribution >= 0.6 is 28.1 Å². The smallest absolute Gasteiger partial charge is 0.257 e. The minimum absolute atomic E-state index is 0.231. The predicted molar refractivity (Wildman–Crippen MR) is 134 cm³/mol. The molecule has 2 aromatic rings. The maximum absolute atomic E-state index is 12.5. The molecule has 5 nitrogen and oxygen atoms in total. The molecule has 0 unspecified atom stereocenters. The molecule has 2 N–H and O–H groups in total. The van der Waals surface area contributed by atoms with E-state index in [-0.39, 0.29) is 11.0 Å². The van der Waals surface area contributed by atoms with Crippen molar-refractivity contribution in [2.24, 2.45) is 5.92 Å². The Kier molecular flexibility index (Phi) is 10.8. The maximum atomic E-state index is 12.5. The fraction of sp³-hybridized carbons (Fsp3) is 0.417. The van der Waals surface area contributed by atoms with Crippen molar-refractivity contribution >= 4 is 44.9 Å². The van der Waals surface area contributed by atoms with Gasteiger partial charge in [0.15, 0.2) is 5.11 Å². The monoisotopic (exact) mass is 506 g/mol. The van der Waals surface area contributed by atoms with Crippen LogP contribution in [0.2, 0.25) is 0 Å². The first-order valence-corrected chi connectivity index (χ1v) is 11.9. The highest BCUT2D eigenvalue weighted by atomic mass is 79.9. The first-order valence-electron chi connectivity index (χ1n) is 10.7. The highest BCUT2D eigenvalue weighted by molar-refractivity contribution is 9.10. The molecule has 0 spiro atoms. The zero-order chi connectivity index (χ0) is 22.6. The Morgan fingerprint density at radius 3 is 2.45 bits per heavy atom. The molecular weight excluding hydrogens is 476 g/mol. The normalized spacial score (nSPS) is 10.6. The van der Waals surface area contributed by atoms with Gasteiger partial charge in [0.25, 0.3) is 5.91 Å². The second-order valence-electron chi connectivity index (χ2n) is 7.69. The lowest BCUT2D eigenvalue weighted by molar-refractivity contribution is 0.0977. The third kappa shape index (κ3) is 9.27. The van der Waals surface area contributed by atoms with Crippen molar-refractivity contribution in [1.29, 1.82) is 0 Å². The number of hydrogen-bond acceptors (Lipinski definition) is 4. The van der Waals surface area contributed by atoms with Crippen molar-refractivity contribution in [2.45, 2.75) is 46.5 Å². The standard InChI is InChI=1S/C24H31BrN2O3S/c1-4-5-6-7-14-29-20-11-9-19(10-12-20)26-24(31)27-23(28)18-8-13-22(21(25)15-18)30-16-17(2)3/h8-13,15,17H,4-7,14,16H2,1-3H3,(H2,26,27,28,31). The number of nitrogens with one attached hydrogen (secondary N) is 2. The highest BCUT2D eigenvalue weighted by Gasteiger charge is 2.11. The number of hydrogen-bond donors (Lipinski definition) is 2. The molecule has 168 valence electrons. The van der Waals surface area contributed by atoms with Crippen molar-refractivity contribution in [1.82, 2.24) is 5.32 Å². The number of thiocarbonyl (C=S) groups is 1. The van der Waals surface area contributed by atoms with Gasteiger partial charge in [0, 0.05) is 11.3 Å². The summed E-state index contributed by atoms with van der Waals surface area (Å²) >= 11 is 8.73. The van der Waals surface area contributed by atoms with Gasteiger partial charge >= 0.3 is 0 Å². The molecule has 0 saturated heterocycles. The highest BCUT2D eigenvalue weighted by Crippen LogP contribution is 2.26. The Balaban J connectivity index is 1.82. The summed E-state index contributed by atoms with van der Waals surface area (Å²) in [6.45, 7) is 7.69. The Morgan fingerprint density at radius 1 is 1.06 bits per heavy atom. The lowest BCUT2D eigenvalue weighted by Crippen LogP contribution is -2.34. The van der Waals surface area contributed by atoms with Gasteiger partial charge in [-0.15, -0.1) is 0 Å². The van der Waals surface area contributed by atoms with Crippen LogP contribution in [0.15, 0.2) is 46.9 Å². The summed E-state index contributed by atoms with van der Waals surface area (Å²) < 4.78 is 12.2. The number of halogens is 1. The second kappa shape index (κ2) is 13.3. The SMILES string of the molecule is CCCCCCOc1ccc(NC(=S)NC(=O)c2ccc(OCC(C)C)c(Br)c2)cc1. The third-order valence-corrected chi connectivity index (χ3v) is 5.20. The first-order chi connectivity index (χ1) is 14.9. The molecule has 0 heterocycles. The summed E-state index contributed by atoms with van der Waals surface area (Å²) in [5, 5.41) is 5.95. The second-order valence-corrected chi connectivity index (χ2v) is 8.95. The van der Waals surface area contributed by atoms with E-state index < -0.39 is 0 Å². The van der Waals surface area contributed by atoms with Gasteiger partial charge in [0.2, 0.25) is 0 Å². The third-order valence-electron chi connectivity index (χ3n) is 4.37. The Bertz CT molecular complexity index is 856. The van der Waals surface area contributed by atoms with Gasteiger partial charge in [-0.25, -0.2) is 0 Å². The van der Waals surface area contributed by atoms with Crippen LogP contribution in [0, 0.1) is 5.92 Å². The predicted octanol–water partition coefficient (Wildman–Crippen LogP) is 6.57. The molecular formula is C24H31BrN2O3S. The van der Waals surface area contributed by atoms with Crippen LogP contribution in [0.1, 0.15) is 56.8 Å². The average molecular weight is 507 g/mol. The number of rotatable bonds is 11. The quantitative estimate of drug-likeness (QED) is 0.266. The molecule has 2 rings (SSSR count). The van der Waals surface area contributed by atoms with Crippen LogP contribution in [0.5, 0.6) is 11.5 Å². The number of carbonyl (C=O) groups excluding carboxylic acids is 1. The zero-order valence-corrected chi connectivity index (χ0v) is 20.8. The number of anilines is 1. The van der Waals surface area contributed by atoms with Crippen molar-refractivity contribution in [3.8, 4) is 11.5 Å². The summed E-state index contributed by atoms with van der Waals surface area (Å²) in [5.74, 6) is 1.66. The van der Waals surface area contributed by atoms with Crippen molar-refractivity contribution in [3.63, 3.8) is 0 Å². The Morgan fingerprint density at radius 2 is 1.81 bits per heavy atom. The van der Waals surface area contributed by atoms with Gasteiger partial charge in [-0.2, -0.15) is 0 Å². The van der Waals surface area contributed by atoms with Gasteiger partial charge in [0.05, 0.1) is 17.7 Å². The van der Waals surface area contributed by atoms with E-state index >= 15 is 0 Å². The molecule has 0 aromatic heterocycles. The average Bonchev–Trinajstić information content (AvgIpc) is 2.73. The van der Waals surface area contributed by atoms with E-state index in [2.05, 4.69) is 47.3 Å². The maximum Gasteiger partial charge on any atom is 0.257 e. The molecule has 0 atom stereocenters. The number of ether oxygens (including phenoxy) is 2. The van der Waals surface area contributed by atoms with E-state index in [1.54, 1.807) is 18.2 Å². The summed E-state index contributed by atoms with van der Waals surface area (Å²) in [4.78, 5) is 12.5. The Hall–Kier alpha value is -2.12. The largest absolute Gasteiger partial charge is 0.494 e. The molecule has 0 radical (unpaired) electrons. The zero-order valence-electron chi connectivity index (χ0n) is 18.4. The van der Waals surface area contributed by atoms with Crippen LogP contribution in [0.4, 0.5) is 5.69 Å². The van der Waals surface area contributed by atoms with Crippen molar-refractivity contribution < 1.29 is 14.3 Å². The molecule has 1 amide bonds. The molecule has 2 aromatic carbocycles. The van der Waals surface area contributed by atoms with Gasteiger partial charge in [0.1, 0.15) is 11.5 Å². The molecule has 0 bridgehead atoms. The van der Waals surface area contributed by atoms with Crippen LogP contribution in [-0.4, -0.2) is 24.2 Å². The van der Waals surface area contributed by atoms with E-state index in [9.17, 15) is 4.79 Å². The van der Waals surface area contributed by atoms with E-state index in [0.29, 0.717) is 23.8 Å². The van der Waals surface area contributed by atoms with E-state index in [4.69, 9.17) is 21.7 Å². The van der Waals surface area contributed by atoms with Crippen LogP contribution in [0.25, 0.3) is 0 Å². The fourth-order valence-electron chi connectivity index (χ4n) is 2.71. The number of amides is 1. The molecule has 0 aliphatic rings. The minimum atomic E-state index is -0.291. The molecule has 0 saturated carbocycles. The van der Waals surface area contributed by atoms with Crippen LogP contribution in [-0.2, 0) is 0 Å². The Labute approximate surface area is 199 Å².